The first-order valence-electron chi connectivity index (χ1n) is 5.87. The van der Waals surface area contributed by atoms with E-state index in [1.165, 1.54) is 5.56 Å². The van der Waals surface area contributed by atoms with Gasteiger partial charge in [-0.05, 0) is 30.9 Å². The highest BCUT2D eigenvalue weighted by Gasteiger charge is 2.25. The van der Waals surface area contributed by atoms with Gasteiger partial charge in [0.2, 0.25) is 0 Å². The molecular weight excluding hydrogens is 216 g/mol. The number of fused-ring (bicyclic) bond motifs is 1. The van der Waals surface area contributed by atoms with Crippen LogP contribution in [0.15, 0.2) is 29.0 Å². The molecule has 0 aromatic carbocycles. The van der Waals surface area contributed by atoms with Crippen LogP contribution in [0.5, 0.6) is 0 Å². The third kappa shape index (κ3) is 1.85. The predicted octanol–water partition coefficient (Wildman–Crippen LogP) is 1.83. The minimum absolute atomic E-state index is 0.227. The third-order valence-corrected chi connectivity index (χ3v) is 3.36. The van der Waals surface area contributed by atoms with Crippen LogP contribution in [0.1, 0.15) is 17.7 Å². The van der Waals surface area contributed by atoms with Crippen molar-refractivity contribution in [3.05, 3.63) is 35.9 Å². The summed E-state index contributed by atoms with van der Waals surface area (Å²) in [5.74, 6) is 1.25. The van der Waals surface area contributed by atoms with Crippen LogP contribution in [-0.4, -0.2) is 21.9 Å². The lowest BCUT2D eigenvalue weighted by atomic mass is 9.87. The fourth-order valence-electron chi connectivity index (χ4n) is 2.37. The van der Waals surface area contributed by atoms with Crippen molar-refractivity contribution < 1.29 is 9.63 Å². The van der Waals surface area contributed by atoms with E-state index in [0.29, 0.717) is 5.92 Å². The summed E-state index contributed by atoms with van der Waals surface area (Å²) in [5, 5.41) is 13.3. The molecule has 0 spiro atoms. The van der Waals surface area contributed by atoms with Gasteiger partial charge in [-0.1, -0.05) is 5.16 Å². The van der Waals surface area contributed by atoms with E-state index < -0.39 is 0 Å². The fourth-order valence-corrected chi connectivity index (χ4v) is 2.37. The maximum absolute atomic E-state index is 9.17. The van der Waals surface area contributed by atoms with Crippen LogP contribution in [-0.2, 0) is 12.8 Å². The number of rotatable bonds is 2. The number of hydrogen-bond acceptors (Lipinski definition) is 4. The molecule has 0 bridgehead atoms. The number of aromatic nitrogens is 2. The van der Waals surface area contributed by atoms with Crippen LogP contribution in [0.25, 0.3) is 11.3 Å². The van der Waals surface area contributed by atoms with Gasteiger partial charge >= 0.3 is 0 Å². The summed E-state index contributed by atoms with van der Waals surface area (Å²) in [5.41, 5.74) is 3.17. The van der Waals surface area contributed by atoms with Gasteiger partial charge in [0.1, 0.15) is 11.5 Å². The molecule has 1 aliphatic carbocycles. The lowest BCUT2D eigenvalue weighted by Gasteiger charge is -2.18. The average molecular weight is 230 g/mol. The third-order valence-electron chi connectivity index (χ3n) is 3.36. The summed E-state index contributed by atoms with van der Waals surface area (Å²) in [4.78, 5) is 4.00. The van der Waals surface area contributed by atoms with Crippen molar-refractivity contribution in [1.82, 2.24) is 10.1 Å². The standard InChI is InChI=1S/C13H14N2O2/c16-8-9-1-2-11-12(7-9)17-15-13(11)10-3-5-14-6-4-10/h3-6,9,16H,1-2,7-8H2. The Kier molecular flexibility index (Phi) is 2.65. The molecule has 0 saturated heterocycles. The van der Waals surface area contributed by atoms with Crippen molar-refractivity contribution >= 4 is 0 Å². The summed E-state index contributed by atoms with van der Waals surface area (Å²) >= 11 is 0. The molecule has 2 aromatic heterocycles. The van der Waals surface area contributed by atoms with Gasteiger partial charge in [0.15, 0.2) is 0 Å². The van der Waals surface area contributed by atoms with Crippen molar-refractivity contribution in [2.24, 2.45) is 5.92 Å². The van der Waals surface area contributed by atoms with E-state index in [-0.39, 0.29) is 6.61 Å². The van der Waals surface area contributed by atoms with Crippen LogP contribution in [0.3, 0.4) is 0 Å². The first-order chi connectivity index (χ1) is 8.38. The largest absolute Gasteiger partial charge is 0.396 e. The zero-order chi connectivity index (χ0) is 11.7. The topological polar surface area (TPSA) is 59.2 Å². The van der Waals surface area contributed by atoms with E-state index in [0.717, 1.165) is 36.3 Å². The molecule has 4 heteroatoms. The number of nitrogens with zero attached hydrogens (tertiary/aromatic N) is 2. The highest BCUT2D eigenvalue weighted by Crippen LogP contribution is 2.32. The number of pyridine rings is 1. The van der Waals surface area contributed by atoms with Crippen molar-refractivity contribution in [1.29, 1.82) is 0 Å². The minimum Gasteiger partial charge on any atom is -0.396 e. The fraction of sp³-hybridized carbons (Fsp3) is 0.385. The summed E-state index contributed by atoms with van der Waals surface area (Å²) < 4.78 is 5.39. The normalized spacial score (nSPS) is 19.0. The molecule has 2 aromatic rings. The number of hydrogen-bond donors (Lipinski definition) is 1. The Bertz CT molecular complexity index is 507. The van der Waals surface area contributed by atoms with Gasteiger partial charge < -0.3 is 9.63 Å². The molecule has 0 saturated carbocycles. The van der Waals surface area contributed by atoms with E-state index >= 15 is 0 Å². The number of aliphatic hydroxyl groups excluding tert-OH is 1. The molecule has 0 amide bonds. The second-order valence-corrected chi connectivity index (χ2v) is 4.46. The van der Waals surface area contributed by atoms with Crippen LogP contribution in [0, 0.1) is 5.92 Å². The molecule has 3 rings (SSSR count). The maximum Gasteiger partial charge on any atom is 0.140 e. The molecule has 88 valence electrons. The monoisotopic (exact) mass is 230 g/mol. The van der Waals surface area contributed by atoms with E-state index in [9.17, 15) is 5.11 Å². The van der Waals surface area contributed by atoms with E-state index in [4.69, 9.17) is 4.52 Å². The average Bonchev–Trinajstić information content (AvgIpc) is 2.82. The number of aliphatic hydroxyl groups is 1. The summed E-state index contributed by atoms with van der Waals surface area (Å²) in [6, 6.07) is 3.88. The first kappa shape index (κ1) is 10.5. The highest BCUT2D eigenvalue weighted by atomic mass is 16.5. The van der Waals surface area contributed by atoms with Crippen molar-refractivity contribution in [2.75, 3.05) is 6.61 Å². The van der Waals surface area contributed by atoms with Gasteiger partial charge in [0.05, 0.1) is 0 Å². The molecule has 0 fully saturated rings. The Labute approximate surface area is 99.3 Å². The lowest BCUT2D eigenvalue weighted by Crippen LogP contribution is -2.16. The van der Waals surface area contributed by atoms with E-state index in [1.54, 1.807) is 12.4 Å². The van der Waals surface area contributed by atoms with Crippen LogP contribution >= 0.6 is 0 Å². The predicted molar refractivity (Wildman–Crippen MR) is 62.3 cm³/mol. The van der Waals surface area contributed by atoms with Gasteiger partial charge in [-0.2, -0.15) is 0 Å². The smallest absolute Gasteiger partial charge is 0.140 e. The molecule has 17 heavy (non-hydrogen) atoms. The van der Waals surface area contributed by atoms with Crippen LogP contribution in [0.2, 0.25) is 0 Å². The highest BCUT2D eigenvalue weighted by molar-refractivity contribution is 5.63. The maximum atomic E-state index is 9.17. The summed E-state index contributed by atoms with van der Waals surface area (Å²) in [6.45, 7) is 0.227. The zero-order valence-electron chi connectivity index (χ0n) is 9.47. The SMILES string of the molecule is OCC1CCc2c(-c3ccncc3)noc2C1. The first-order valence-corrected chi connectivity index (χ1v) is 5.87. The molecule has 2 heterocycles. The Morgan fingerprint density at radius 1 is 1.35 bits per heavy atom. The quantitative estimate of drug-likeness (QED) is 0.855. The Hall–Kier alpha value is -1.68. The molecule has 0 aliphatic heterocycles. The molecule has 1 atom stereocenters. The molecule has 0 radical (unpaired) electrons. The lowest BCUT2D eigenvalue weighted by molar-refractivity contribution is 0.202. The van der Waals surface area contributed by atoms with Gasteiger partial charge in [0.25, 0.3) is 0 Å². The van der Waals surface area contributed by atoms with E-state index in [2.05, 4.69) is 10.1 Å². The summed E-state index contributed by atoms with van der Waals surface area (Å²) in [7, 11) is 0. The van der Waals surface area contributed by atoms with E-state index in [1.807, 2.05) is 12.1 Å². The Balaban J connectivity index is 1.97. The van der Waals surface area contributed by atoms with Gasteiger partial charge in [0, 0.05) is 36.5 Å². The summed E-state index contributed by atoms with van der Waals surface area (Å²) in [6.07, 6.45) is 6.25. The second kappa shape index (κ2) is 4.30. The van der Waals surface area contributed by atoms with Crippen LogP contribution in [0.4, 0.5) is 0 Å². The molecule has 1 N–H and O–H groups in total. The zero-order valence-corrected chi connectivity index (χ0v) is 9.47. The van der Waals surface area contributed by atoms with Crippen molar-refractivity contribution in [3.63, 3.8) is 0 Å². The molecule has 1 aliphatic rings. The molecule has 4 nitrogen and oxygen atoms in total. The second-order valence-electron chi connectivity index (χ2n) is 4.46. The minimum atomic E-state index is 0.227. The van der Waals surface area contributed by atoms with Crippen molar-refractivity contribution in [2.45, 2.75) is 19.3 Å². The molecule has 1 unspecified atom stereocenters. The van der Waals surface area contributed by atoms with Crippen molar-refractivity contribution in [3.8, 4) is 11.3 Å². The van der Waals surface area contributed by atoms with Gasteiger partial charge in [-0.3, -0.25) is 4.98 Å². The van der Waals surface area contributed by atoms with Gasteiger partial charge in [-0.15, -0.1) is 0 Å². The Morgan fingerprint density at radius 3 is 2.94 bits per heavy atom. The van der Waals surface area contributed by atoms with Gasteiger partial charge in [-0.25, -0.2) is 0 Å². The molecular formula is C13H14N2O2. The Morgan fingerprint density at radius 2 is 2.18 bits per heavy atom. The van der Waals surface area contributed by atoms with Crippen LogP contribution < -0.4 is 0 Å².